The lowest BCUT2D eigenvalue weighted by atomic mass is 9.97. The predicted octanol–water partition coefficient (Wildman–Crippen LogP) is 4.44. The molecule has 8 nitrogen and oxygen atoms in total. The summed E-state index contributed by atoms with van der Waals surface area (Å²) in [7, 11) is 0. The van der Waals surface area contributed by atoms with E-state index in [1.807, 2.05) is 43.3 Å². The lowest BCUT2D eigenvalue weighted by molar-refractivity contribution is 0.0950. The molecule has 0 spiro atoms. The minimum atomic E-state index is -0.872. The van der Waals surface area contributed by atoms with E-state index in [0.29, 0.717) is 30.6 Å². The number of piperidine rings is 1. The molecule has 176 valence electrons. The highest BCUT2D eigenvalue weighted by Gasteiger charge is 2.26. The first-order chi connectivity index (χ1) is 16.5. The third-order valence-electron chi connectivity index (χ3n) is 6.67. The van der Waals surface area contributed by atoms with Crippen molar-refractivity contribution in [3.05, 3.63) is 53.7 Å². The van der Waals surface area contributed by atoms with Crippen LogP contribution in [-0.2, 0) is 0 Å². The lowest BCUT2D eigenvalue weighted by Gasteiger charge is -2.33. The fourth-order valence-electron chi connectivity index (χ4n) is 4.53. The number of likely N-dealkylation sites (tertiary alicyclic amines) is 1. The molecule has 8 heteroatoms. The molecule has 0 radical (unpaired) electrons. The van der Waals surface area contributed by atoms with Gasteiger partial charge < -0.3 is 20.6 Å². The van der Waals surface area contributed by atoms with Crippen LogP contribution in [0.4, 0.5) is 10.7 Å². The van der Waals surface area contributed by atoms with E-state index in [4.69, 9.17) is 0 Å². The van der Waals surface area contributed by atoms with Crippen LogP contribution < -0.4 is 10.6 Å². The number of aromatic nitrogens is 2. The van der Waals surface area contributed by atoms with Crippen LogP contribution in [0.15, 0.2) is 42.6 Å². The SMILES string of the molecule is Cc1ccc(C(=O)NC2CC2)cc1-c1ccc2nc(NCC3CCCCN3C(=O)O)ncc2c1. The Kier molecular flexibility index (Phi) is 6.04. The molecule has 1 atom stereocenters. The van der Waals surface area contributed by atoms with E-state index in [-0.39, 0.29) is 11.9 Å². The molecule has 1 aliphatic carbocycles. The van der Waals surface area contributed by atoms with Crippen LogP contribution in [0.2, 0.25) is 0 Å². The predicted molar refractivity (Wildman–Crippen MR) is 131 cm³/mol. The molecule has 3 aromatic rings. The zero-order chi connectivity index (χ0) is 23.7. The molecule has 0 bridgehead atoms. The second-order valence-electron chi connectivity index (χ2n) is 9.25. The molecule has 3 N–H and O–H groups in total. The number of carbonyl (C=O) groups is 2. The quantitative estimate of drug-likeness (QED) is 0.503. The van der Waals surface area contributed by atoms with Gasteiger partial charge in [0.15, 0.2) is 0 Å². The van der Waals surface area contributed by atoms with Gasteiger partial charge in [-0.1, -0.05) is 12.1 Å². The highest BCUT2D eigenvalue weighted by Crippen LogP contribution is 2.28. The summed E-state index contributed by atoms with van der Waals surface area (Å²) < 4.78 is 0. The van der Waals surface area contributed by atoms with E-state index >= 15 is 0 Å². The number of carbonyl (C=O) groups excluding carboxylic acids is 1. The third-order valence-corrected chi connectivity index (χ3v) is 6.67. The maximum absolute atomic E-state index is 12.5. The third kappa shape index (κ3) is 4.81. The summed E-state index contributed by atoms with van der Waals surface area (Å²) in [6.45, 7) is 3.11. The zero-order valence-electron chi connectivity index (χ0n) is 19.3. The van der Waals surface area contributed by atoms with Gasteiger partial charge in [0.1, 0.15) is 0 Å². The van der Waals surface area contributed by atoms with E-state index in [9.17, 15) is 14.7 Å². The van der Waals surface area contributed by atoms with E-state index in [1.165, 1.54) is 4.90 Å². The van der Waals surface area contributed by atoms with Gasteiger partial charge in [0, 0.05) is 36.3 Å². The average molecular weight is 460 g/mol. The van der Waals surface area contributed by atoms with Gasteiger partial charge in [-0.3, -0.25) is 4.79 Å². The second-order valence-corrected chi connectivity index (χ2v) is 9.25. The lowest BCUT2D eigenvalue weighted by Crippen LogP contribution is -2.46. The van der Waals surface area contributed by atoms with E-state index in [0.717, 1.165) is 59.7 Å². The molecule has 5 rings (SSSR count). The number of hydrogen-bond donors (Lipinski definition) is 3. The first-order valence-electron chi connectivity index (χ1n) is 11.9. The molecule has 2 amide bonds. The largest absolute Gasteiger partial charge is 0.465 e. The van der Waals surface area contributed by atoms with Crippen LogP contribution in [0, 0.1) is 6.92 Å². The van der Waals surface area contributed by atoms with Gasteiger partial charge in [-0.15, -0.1) is 0 Å². The second kappa shape index (κ2) is 9.29. The Balaban J connectivity index is 1.33. The van der Waals surface area contributed by atoms with Crippen molar-refractivity contribution in [3.63, 3.8) is 0 Å². The summed E-state index contributed by atoms with van der Waals surface area (Å²) >= 11 is 0. The molecule has 2 aliphatic rings. The molecule has 1 unspecified atom stereocenters. The van der Waals surface area contributed by atoms with E-state index < -0.39 is 6.09 Å². The van der Waals surface area contributed by atoms with Crippen molar-refractivity contribution in [3.8, 4) is 11.1 Å². The fourth-order valence-corrected chi connectivity index (χ4v) is 4.53. The number of hydrogen-bond acceptors (Lipinski definition) is 5. The maximum Gasteiger partial charge on any atom is 0.407 e. The molecule has 1 saturated heterocycles. The van der Waals surface area contributed by atoms with Gasteiger partial charge in [0.25, 0.3) is 5.91 Å². The van der Waals surface area contributed by atoms with Gasteiger partial charge in [-0.25, -0.2) is 14.8 Å². The maximum atomic E-state index is 12.5. The molecule has 2 heterocycles. The number of rotatable bonds is 6. The van der Waals surface area contributed by atoms with Crippen molar-refractivity contribution >= 4 is 28.9 Å². The number of nitrogens with zero attached hydrogens (tertiary/aromatic N) is 3. The Labute approximate surface area is 198 Å². The summed E-state index contributed by atoms with van der Waals surface area (Å²) in [5.74, 6) is 0.467. The van der Waals surface area contributed by atoms with E-state index in [1.54, 1.807) is 6.20 Å². The molecule has 34 heavy (non-hydrogen) atoms. The van der Waals surface area contributed by atoms with Crippen LogP contribution in [0.1, 0.15) is 48.0 Å². The van der Waals surface area contributed by atoms with Crippen molar-refractivity contribution in [2.45, 2.75) is 51.1 Å². The van der Waals surface area contributed by atoms with Gasteiger partial charge >= 0.3 is 6.09 Å². The van der Waals surface area contributed by atoms with Gasteiger partial charge in [-0.05, 0) is 80.0 Å². The first-order valence-corrected chi connectivity index (χ1v) is 11.9. The summed E-state index contributed by atoms with van der Waals surface area (Å²) in [5.41, 5.74) is 4.59. The first kappa shape index (κ1) is 22.1. The van der Waals surface area contributed by atoms with Crippen molar-refractivity contribution in [1.82, 2.24) is 20.2 Å². The molecular weight excluding hydrogens is 430 g/mol. The normalized spacial score (nSPS) is 18.0. The topological polar surface area (TPSA) is 107 Å². The summed E-state index contributed by atoms with van der Waals surface area (Å²) in [6.07, 6.45) is 5.80. The number of anilines is 1. The number of benzene rings is 2. The summed E-state index contributed by atoms with van der Waals surface area (Å²) in [5, 5.41) is 16.6. The smallest absolute Gasteiger partial charge is 0.407 e. The number of amides is 2. The Hall–Kier alpha value is -3.68. The molecule has 1 saturated carbocycles. The standard InChI is InChI=1S/C26H29N5O3/c1-16-5-6-18(24(32)29-20-8-9-20)13-22(16)17-7-10-23-19(12-17)14-27-25(30-23)28-15-21-4-2-3-11-31(21)26(33)34/h5-7,10,12-14,20-21H,2-4,8-9,11,15H2,1H3,(H,29,32)(H,33,34)(H,27,28,30). The zero-order valence-corrected chi connectivity index (χ0v) is 19.3. The highest BCUT2D eigenvalue weighted by molar-refractivity contribution is 5.96. The Morgan fingerprint density at radius 1 is 1.12 bits per heavy atom. The monoisotopic (exact) mass is 459 g/mol. The van der Waals surface area contributed by atoms with Crippen molar-refractivity contribution in [2.75, 3.05) is 18.4 Å². The Bertz CT molecular complexity index is 1240. The summed E-state index contributed by atoms with van der Waals surface area (Å²) in [6, 6.07) is 12.1. The van der Waals surface area contributed by atoms with Crippen LogP contribution in [0.25, 0.3) is 22.0 Å². The number of aryl methyl sites for hydroxylation is 1. The van der Waals surface area contributed by atoms with Crippen molar-refractivity contribution < 1.29 is 14.7 Å². The van der Waals surface area contributed by atoms with Gasteiger partial charge in [0.05, 0.1) is 11.6 Å². The molecule has 1 aromatic heterocycles. The van der Waals surface area contributed by atoms with E-state index in [2.05, 4.69) is 20.6 Å². The van der Waals surface area contributed by atoms with Crippen molar-refractivity contribution in [1.29, 1.82) is 0 Å². The van der Waals surface area contributed by atoms with Crippen LogP contribution >= 0.6 is 0 Å². The van der Waals surface area contributed by atoms with Crippen LogP contribution in [0.3, 0.4) is 0 Å². The molecule has 2 fully saturated rings. The average Bonchev–Trinajstić information content (AvgIpc) is 3.66. The molecule has 1 aliphatic heterocycles. The van der Waals surface area contributed by atoms with Crippen LogP contribution in [0.5, 0.6) is 0 Å². The Morgan fingerprint density at radius 2 is 1.97 bits per heavy atom. The highest BCUT2D eigenvalue weighted by atomic mass is 16.4. The summed E-state index contributed by atoms with van der Waals surface area (Å²) in [4.78, 5) is 34.6. The number of carboxylic acid groups (broad SMARTS) is 1. The molecular formula is C26H29N5O3. The molecule has 2 aromatic carbocycles. The number of fused-ring (bicyclic) bond motifs is 1. The minimum Gasteiger partial charge on any atom is -0.465 e. The van der Waals surface area contributed by atoms with Gasteiger partial charge in [-0.2, -0.15) is 0 Å². The minimum absolute atomic E-state index is 0.0250. The van der Waals surface area contributed by atoms with Crippen molar-refractivity contribution in [2.24, 2.45) is 0 Å². The van der Waals surface area contributed by atoms with Crippen LogP contribution in [-0.4, -0.2) is 57.1 Å². The Morgan fingerprint density at radius 3 is 2.76 bits per heavy atom. The number of nitrogens with one attached hydrogen (secondary N) is 2. The van der Waals surface area contributed by atoms with Gasteiger partial charge in [0.2, 0.25) is 5.95 Å². The fraction of sp³-hybridized carbons (Fsp3) is 0.385.